The third-order valence-corrected chi connectivity index (χ3v) is 13.3. The Bertz CT molecular complexity index is 2310. The van der Waals surface area contributed by atoms with E-state index in [1.807, 2.05) is 18.2 Å². The quantitative estimate of drug-likeness (QED) is 0.0773. The van der Waals surface area contributed by atoms with Crippen LogP contribution in [0.5, 0.6) is 11.5 Å². The summed E-state index contributed by atoms with van der Waals surface area (Å²) in [6.45, 7) is 3.28. The number of amides is 2. The highest BCUT2D eigenvalue weighted by Gasteiger charge is 2.47. The number of carbonyl (C=O) groups is 4. The first-order chi connectivity index (χ1) is 28.1. The Labute approximate surface area is 344 Å². The number of carbonyl (C=O) groups excluding carboxylic acids is 4. The van der Waals surface area contributed by atoms with Crippen LogP contribution < -0.4 is 25.0 Å². The van der Waals surface area contributed by atoms with E-state index < -0.39 is 29.6 Å². The minimum absolute atomic E-state index is 0.00190. The number of aldehydes is 1. The normalized spacial score (nSPS) is 25.8. The fourth-order valence-corrected chi connectivity index (χ4v) is 10.00. The number of Topliss-reactive ketones (excluding diaryl/α,β-unsaturated/α-hetero) is 1. The van der Waals surface area contributed by atoms with Crippen LogP contribution in [-0.2, 0) is 25.7 Å². The van der Waals surface area contributed by atoms with Crippen LogP contribution in [0.25, 0.3) is 10.9 Å². The van der Waals surface area contributed by atoms with Crippen molar-refractivity contribution >= 4 is 75.2 Å². The Hall–Kier alpha value is -4.89. The molecule has 10 rings (SSSR count). The maximum Gasteiger partial charge on any atom is 0.243 e. The van der Waals surface area contributed by atoms with E-state index in [-0.39, 0.29) is 34.2 Å². The second kappa shape index (κ2) is 15.7. The molecule has 6 heterocycles. The molecule has 0 radical (unpaired) electrons. The molecule has 2 N–H and O–H groups in total. The van der Waals surface area contributed by atoms with E-state index in [0.717, 1.165) is 68.6 Å². The predicted octanol–water partition coefficient (Wildman–Crippen LogP) is 6.16. The van der Waals surface area contributed by atoms with Gasteiger partial charge in [0.15, 0.2) is 23.6 Å². The van der Waals surface area contributed by atoms with E-state index >= 15 is 0 Å². The maximum absolute atomic E-state index is 14.9. The lowest BCUT2D eigenvalue weighted by Gasteiger charge is -2.58. The van der Waals surface area contributed by atoms with Crippen LogP contribution in [0.1, 0.15) is 62.1 Å². The number of methoxy groups -OCH3 is 1. The molecule has 58 heavy (non-hydrogen) atoms. The lowest BCUT2D eigenvalue weighted by molar-refractivity contribution is -0.141. The number of nitrogens with one attached hydrogen (secondary N) is 2. The van der Waals surface area contributed by atoms with Crippen molar-refractivity contribution in [2.75, 3.05) is 37.0 Å². The number of rotatable bonds is 11. The number of hydrogen-bond acceptors (Lipinski definition) is 12. The number of anilines is 3. The Kier molecular flexibility index (Phi) is 10.5. The van der Waals surface area contributed by atoms with Gasteiger partial charge in [-0.25, -0.2) is 14.4 Å². The summed E-state index contributed by atoms with van der Waals surface area (Å²) in [5.41, 5.74) is 3.47. The number of imide groups is 1. The first-order valence-electron chi connectivity index (χ1n) is 19.7. The standard InChI is InChI=1S/C42H42Cl2FN7O6/c1-57-35-15-32-29(41(47-21-46-32)48-31-9-8-30(43)38(44)39(31)45)14-36(35)58-27-6-2-22(3-7-27)16-50-18-25-12-26(19-50)52(25)24-5-4-23-17-51(33-10-11-37(55)49-42(33)56)40(28(23)13-24)34(54)20-53/h4-5,8-9,13-15,20-22,25-27,33,40H,2-3,6-7,10-12,16-19H2,1H3,(H,46,47,48)(H,49,55,56). The van der Waals surface area contributed by atoms with Crippen molar-refractivity contribution in [1.29, 1.82) is 0 Å². The van der Waals surface area contributed by atoms with Crippen LogP contribution in [0.4, 0.5) is 21.6 Å². The number of ether oxygens (including phenoxy) is 2. The minimum Gasteiger partial charge on any atom is -0.493 e. The van der Waals surface area contributed by atoms with Crippen LogP contribution in [0.2, 0.25) is 10.0 Å². The molecule has 4 atom stereocenters. The zero-order chi connectivity index (χ0) is 40.2. The van der Waals surface area contributed by atoms with Gasteiger partial charge in [0.05, 0.1) is 40.5 Å². The second-order valence-electron chi connectivity index (χ2n) is 16.0. The Morgan fingerprint density at radius 3 is 2.55 bits per heavy atom. The average Bonchev–Trinajstić information content (AvgIpc) is 3.60. The van der Waals surface area contributed by atoms with Gasteiger partial charge in [-0.3, -0.25) is 34.3 Å². The van der Waals surface area contributed by atoms with Crippen molar-refractivity contribution in [3.05, 3.63) is 75.8 Å². The molecule has 1 aliphatic carbocycles. The number of ketones is 1. The Balaban J connectivity index is 0.816. The number of benzene rings is 3. The van der Waals surface area contributed by atoms with E-state index in [1.54, 1.807) is 18.1 Å². The van der Waals surface area contributed by atoms with Crippen LogP contribution in [-0.4, -0.2) is 94.6 Å². The summed E-state index contributed by atoms with van der Waals surface area (Å²) in [7, 11) is 1.59. The van der Waals surface area contributed by atoms with Gasteiger partial charge in [0.2, 0.25) is 17.6 Å². The van der Waals surface area contributed by atoms with Crippen LogP contribution in [0, 0.1) is 11.7 Å². The van der Waals surface area contributed by atoms with Crippen molar-refractivity contribution in [3.63, 3.8) is 0 Å². The van der Waals surface area contributed by atoms with Gasteiger partial charge in [0, 0.05) is 61.8 Å². The lowest BCUT2D eigenvalue weighted by atomic mass is 9.83. The molecule has 2 bridgehead atoms. The maximum atomic E-state index is 14.9. The van der Waals surface area contributed by atoms with Gasteiger partial charge in [-0.2, -0.15) is 0 Å². The van der Waals surface area contributed by atoms with Crippen LogP contribution >= 0.6 is 23.2 Å². The van der Waals surface area contributed by atoms with Gasteiger partial charge in [-0.05, 0) is 85.9 Å². The molecular formula is C42H42Cl2FN7O6. The third kappa shape index (κ3) is 7.14. The monoisotopic (exact) mass is 829 g/mol. The summed E-state index contributed by atoms with van der Waals surface area (Å²) in [6, 6.07) is 12.0. The van der Waals surface area contributed by atoms with E-state index in [0.29, 0.717) is 65.5 Å². The highest BCUT2D eigenvalue weighted by Crippen LogP contribution is 2.44. The van der Waals surface area contributed by atoms with Crippen molar-refractivity contribution < 1.29 is 33.0 Å². The van der Waals surface area contributed by atoms with E-state index in [4.69, 9.17) is 32.7 Å². The van der Waals surface area contributed by atoms with Gasteiger partial charge in [0.25, 0.3) is 0 Å². The fraction of sp³-hybridized carbons (Fsp3) is 0.429. The van der Waals surface area contributed by atoms with Crippen molar-refractivity contribution in [1.82, 2.24) is 25.1 Å². The molecule has 5 aliphatic heterocycles. The molecule has 2 amide bonds. The van der Waals surface area contributed by atoms with Crippen LogP contribution in [0.3, 0.4) is 0 Å². The summed E-state index contributed by atoms with van der Waals surface area (Å²) in [4.78, 5) is 64.9. The van der Waals surface area contributed by atoms with E-state index in [9.17, 15) is 23.6 Å². The van der Waals surface area contributed by atoms with Gasteiger partial charge < -0.3 is 19.7 Å². The number of aromatic nitrogens is 2. The van der Waals surface area contributed by atoms with Crippen LogP contribution in [0.15, 0.2) is 48.8 Å². The molecule has 13 nitrogen and oxygen atoms in total. The van der Waals surface area contributed by atoms with Crippen molar-refractivity contribution in [2.45, 2.75) is 81.8 Å². The van der Waals surface area contributed by atoms with Gasteiger partial charge >= 0.3 is 0 Å². The smallest absolute Gasteiger partial charge is 0.243 e. The number of hydrogen-bond donors (Lipinski definition) is 2. The van der Waals surface area contributed by atoms with Crippen molar-refractivity contribution in [2.24, 2.45) is 5.92 Å². The average molecular weight is 831 g/mol. The molecule has 1 saturated carbocycles. The molecule has 1 aromatic heterocycles. The number of halogens is 3. The molecule has 4 unspecified atom stereocenters. The molecule has 0 spiro atoms. The number of piperidine rings is 2. The minimum atomic E-state index is -0.843. The predicted molar refractivity (Wildman–Crippen MR) is 215 cm³/mol. The second-order valence-corrected chi connectivity index (χ2v) is 16.8. The molecular weight excluding hydrogens is 788 g/mol. The SMILES string of the molecule is COc1cc2ncnc(Nc3ccc(Cl)c(Cl)c3F)c2cc1OC1CCC(CN2CC3CC(C2)N3c2ccc3c(c2)C(C(=O)C=O)N(C2CCC(=O)NC2=O)C3)CC1. The zero-order valence-corrected chi connectivity index (χ0v) is 33.3. The van der Waals surface area contributed by atoms with Gasteiger partial charge in [-0.15, -0.1) is 0 Å². The highest BCUT2D eigenvalue weighted by atomic mass is 35.5. The molecule has 16 heteroatoms. The fourth-order valence-electron chi connectivity index (χ4n) is 9.69. The Morgan fingerprint density at radius 2 is 1.81 bits per heavy atom. The summed E-state index contributed by atoms with van der Waals surface area (Å²) in [5, 5.41) is 6.00. The first kappa shape index (κ1) is 38.6. The summed E-state index contributed by atoms with van der Waals surface area (Å²) in [6.07, 6.45) is 7.22. The van der Waals surface area contributed by atoms with E-state index in [1.165, 1.54) is 18.5 Å². The summed E-state index contributed by atoms with van der Waals surface area (Å²) >= 11 is 12.0. The van der Waals surface area contributed by atoms with E-state index in [2.05, 4.69) is 36.5 Å². The van der Waals surface area contributed by atoms with Gasteiger partial charge in [-0.1, -0.05) is 29.3 Å². The topological polar surface area (TPSA) is 146 Å². The summed E-state index contributed by atoms with van der Waals surface area (Å²) in [5.74, 6) is 0.0614. The molecule has 5 fully saturated rings. The first-order valence-corrected chi connectivity index (χ1v) is 20.5. The number of fused-ring (bicyclic) bond motifs is 4. The Morgan fingerprint density at radius 1 is 1.02 bits per heavy atom. The molecule has 4 saturated heterocycles. The molecule has 6 aliphatic rings. The third-order valence-electron chi connectivity index (χ3n) is 12.5. The molecule has 302 valence electrons. The number of nitrogens with zero attached hydrogens (tertiary/aromatic N) is 5. The largest absolute Gasteiger partial charge is 0.493 e. The zero-order valence-electron chi connectivity index (χ0n) is 31.8. The molecule has 4 aromatic rings. The summed E-state index contributed by atoms with van der Waals surface area (Å²) < 4.78 is 27.2. The van der Waals surface area contributed by atoms with Gasteiger partial charge in [0.1, 0.15) is 18.2 Å². The number of piperazine rings is 1. The lowest BCUT2D eigenvalue weighted by Crippen LogP contribution is -2.69. The van der Waals surface area contributed by atoms with Crippen molar-refractivity contribution in [3.8, 4) is 11.5 Å². The highest BCUT2D eigenvalue weighted by molar-refractivity contribution is 6.42. The molecule has 3 aromatic carbocycles.